The van der Waals surface area contributed by atoms with Gasteiger partial charge in [0.15, 0.2) is 0 Å². The van der Waals surface area contributed by atoms with Gasteiger partial charge in [0.1, 0.15) is 0 Å². The molecule has 1 unspecified atom stereocenters. The Balaban J connectivity index is 2.48. The lowest BCUT2D eigenvalue weighted by Crippen LogP contribution is -2.31. The van der Waals surface area contributed by atoms with Crippen LogP contribution in [0.5, 0.6) is 0 Å². The smallest absolute Gasteiger partial charge is 0.234 e. The van der Waals surface area contributed by atoms with Gasteiger partial charge in [-0.25, -0.2) is 0 Å². The van der Waals surface area contributed by atoms with Gasteiger partial charge in [0.2, 0.25) is 5.91 Å². The maximum Gasteiger partial charge on any atom is 0.234 e. The van der Waals surface area contributed by atoms with Crippen molar-refractivity contribution in [1.29, 1.82) is 0 Å². The van der Waals surface area contributed by atoms with Crippen LogP contribution >= 0.6 is 0 Å². The molecule has 4 heteroatoms. The second-order valence-electron chi connectivity index (χ2n) is 4.29. The van der Waals surface area contributed by atoms with E-state index >= 15 is 0 Å². The average Bonchev–Trinajstić information content (AvgIpc) is 2.52. The number of aliphatic hydroxyl groups is 1. The third-order valence-electron chi connectivity index (χ3n) is 3.19. The Kier molecular flexibility index (Phi) is 2.78. The van der Waals surface area contributed by atoms with Gasteiger partial charge in [0, 0.05) is 23.9 Å². The van der Waals surface area contributed by atoms with E-state index in [1.165, 1.54) is 0 Å². The number of nitrogens with two attached hydrogens (primary N) is 1. The molecule has 4 N–H and O–H groups in total. The summed E-state index contributed by atoms with van der Waals surface area (Å²) in [6.45, 7) is 1.81. The molecule has 0 fully saturated rings. The number of anilines is 1. The number of nitrogens with one attached hydrogen (secondary N) is 1. The Bertz CT molecular complexity index is 528. The van der Waals surface area contributed by atoms with Crippen molar-refractivity contribution in [3.05, 3.63) is 29.3 Å². The SMILES string of the molecule is CC1(CCO)C(=O)Nc2cc(C#CN)ccc21. The molecule has 1 amide bonds. The van der Waals surface area contributed by atoms with Crippen LogP contribution in [-0.2, 0) is 10.2 Å². The lowest BCUT2D eigenvalue weighted by Gasteiger charge is -2.20. The molecule has 88 valence electrons. The molecule has 1 heterocycles. The van der Waals surface area contributed by atoms with Crippen LogP contribution in [-0.4, -0.2) is 17.6 Å². The number of amides is 1. The van der Waals surface area contributed by atoms with Gasteiger partial charge < -0.3 is 16.2 Å². The molecule has 4 nitrogen and oxygen atoms in total. The minimum absolute atomic E-state index is 0.0201. The molecule has 1 atom stereocenters. The van der Waals surface area contributed by atoms with Crippen LogP contribution in [0.25, 0.3) is 0 Å². The van der Waals surface area contributed by atoms with Crippen molar-refractivity contribution in [2.75, 3.05) is 11.9 Å². The lowest BCUT2D eigenvalue weighted by atomic mass is 9.81. The first-order valence-electron chi connectivity index (χ1n) is 5.40. The fourth-order valence-electron chi connectivity index (χ4n) is 2.14. The van der Waals surface area contributed by atoms with E-state index in [0.29, 0.717) is 6.42 Å². The quantitative estimate of drug-likeness (QED) is 0.513. The molecule has 17 heavy (non-hydrogen) atoms. The Hall–Kier alpha value is -1.99. The van der Waals surface area contributed by atoms with E-state index in [2.05, 4.69) is 17.3 Å². The maximum absolute atomic E-state index is 11.9. The van der Waals surface area contributed by atoms with Crippen molar-refractivity contribution in [1.82, 2.24) is 0 Å². The van der Waals surface area contributed by atoms with Crippen LogP contribution in [0.15, 0.2) is 18.2 Å². The molecule has 1 aliphatic heterocycles. The molecule has 1 aromatic rings. The van der Waals surface area contributed by atoms with Gasteiger partial charge >= 0.3 is 0 Å². The lowest BCUT2D eigenvalue weighted by molar-refractivity contribution is -0.120. The van der Waals surface area contributed by atoms with Gasteiger partial charge in [-0.2, -0.15) is 0 Å². The average molecular weight is 230 g/mol. The standard InChI is InChI=1S/C13H14N2O2/c1-13(5-7-16)10-3-2-9(4-6-14)8-11(10)15-12(13)17/h2-3,8,16H,5,7,14H2,1H3,(H,15,17). The Morgan fingerprint density at radius 3 is 2.94 bits per heavy atom. The van der Waals surface area contributed by atoms with Crippen LogP contribution < -0.4 is 11.1 Å². The van der Waals surface area contributed by atoms with Gasteiger partial charge in [-0.05, 0) is 37.0 Å². The Morgan fingerprint density at radius 1 is 1.53 bits per heavy atom. The summed E-state index contributed by atoms with van der Waals surface area (Å²) in [5.41, 5.74) is 6.92. The summed E-state index contributed by atoms with van der Waals surface area (Å²) in [4.78, 5) is 11.9. The van der Waals surface area contributed by atoms with Crippen LogP contribution in [0.1, 0.15) is 24.5 Å². The highest BCUT2D eigenvalue weighted by atomic mass is 16.3. The molecule has 0 spiro atoms. The van der Waals surface area contributed by atoms with Crippen LogP contribution in [0.2, 0.25) is 0 Å². The zero-order valence-corrected chi connectivity index (χ0v) is 9.58. The molecule has 0 radical (unpaired) electrons. The molecular weight excluding hydrogens is 216 g/mol. The number of carbonyl (C=O) groups excluding carboxylic acids is 1. The van der Waals surface area contributed by atoms with E-state index < -0.39 is 5.41 Å². The van der Waals surface area contributed by atoms with Gasteiger partial charge in [-0.15, -0.1) is 0 Å². The number of aliphatic hydroxyl groups excluding tert-OH is 1. The summed E-state index contributed by atoms with van der Waals surface area (Å²) >= 11 is 0. The number of rotatable bonds is 2. The largest absolute Gasteiger partial charge is 0.396 e. The molecule has 0 saturated carbocycles. The minimum Gasteiger partial charge on any atom is -0.396 e. The van der Waals surface area contributed by atoms with E-state index in [9.17, 15) is 4.79 Å². The monoisotopic (exact) mass is 230 g/mol. The van der Waals surface area contributed by atoms with E-state index in [0.717, 1.165) is 16.8 Å². The van der Waals surface area contributed by atoms with Gasteiger partial charge in [-0.3, -0.25) is 4.79 Å². The number of hydrogen-bond acceptors (Lipinski definition) is 3. The van der Waals surface area contributed by atoms with Crippen molar-refractivity contribution < 1.29 is 9.90 Å². The van der Waals surface area contributed by atoms with Crippen molar-refractivity contribution in [3.63, 3.8) is 0 Å². The molecule has 1 aromatic carbocycles. The van der Waals surface area contributed by atoms with Crippen molar-refractivity contribution in [2.24, 2.45) is 5.73 Å². The Labute approximate surface area is 99.8 Å². The molecule has 2 rings (SSSR count). The predicted octanol–water partition coefficient (Wildman–Crippen LogP) is 0.547. The Morgan fingerprint density at radius 2 is 2.29 bits per heavy atom. The topological polar surface area (TPSA) is 75.3 Å². The first-order valence-corrected chi connectivity index (χ1v) is 5.40. The summed E-state index contributed by atoms with van der Waals surface area (Å²) < 4.78 is 0. The highest BCUT2D eigenvalue weighted by Crippen LogP contribution is 2.40. The summed E-state index contributed by atoms with van der Waals surface area (Å²) in [6.07, 6.45) is 0.410. The van der Waals surface area contributed by atoms with Gasteiger partial charge in [0.25, 0.3) is 0 Å². The highest BCUT2D eigenvalue weighted by Gasteiger charge is 2.41. The zero-order chi connectivity index (χ0) is 12.5. The number of benzene rings is 1. The van der Waals surface area contributed by atoms with Crippen molar-refractivity contribution in [2.45, 2.75) is 18.8 Å². The van der Waals surface area contributed by atoms with E-state index in [4.69, 9.17) is 10.8 Å². The van der Waals surface area contributed by atoms with E-state index in [1.54, 1.807) is 6.07 Å². The number of hydrogen-bond donors (Lipinski definition) is 3. The highest BCUT2D eigenvalue weighted by molar-refractivity contribution is 6.06. The second kappa shape index (κ2) is 4.11. The third-order valence-corrected chi connectivity index (χ3v) is 3.19. The molecule has 0 saturated heterocycles. The van der Waals surface area contributed by atoms with Gasteiger partial charge in [0.05, 0.1) is 5.41 Å². The number of carbonyl (C=O) groups is 1. The predicted molar refractivity (Wildman–Crippen MR) is 65.2 cm³/mol. The fourth-order valence-corrected chi connectivity index (χ4v) is 2.14. The van der Waals surface area contributed by atoms with Crippen molar-refractivity contribution in [3.8, 4) is 12.0 Å². The third kappa shape index (κ3) is 1.75. The molecular formula is C13H14N2O2. The minimum atomic E-state index is -0.654. The number of fused-ring (bicyclic) bond motifs is 1. The first-order chi connectivity index (χ1) is 8.11. The van der Waals surface area contributed by atoms with E-state index in [1.807, 2.05) is 19.1 Å². The van der Waals surface area contributed by atoms with Crippen LogP contribution in [0, 0.1) is 12.0 Å². The van der Waals surface area contributed by atoms with Crippen molar-refractivity contribution >= 4 is 11.6 Å². The summed E-state index contributed by atoms with van der Waals surface area (Å²) in [5, 5.41) is 11.9. The fraction of sp³-hybridized carbons (Fsp3) is 0.308. The summed E-state index contributed by atoms with van der Waals surface area (Å²) in [7, 11) is 0. The first kappa shape index (κ1) is 11.5. The van der Waals surface area contributed by atoms with Crippen LogP contribution in [0.4, 0.5) is 5.69 Å². The molecule has 0 bridgehead atoms. The molecule has 1 aliphatic rings. The van der Waals surface area contributed by atoms with E-state index in [-0.39, 0.29) is 12.5 Å². The second-order valence-corrected chi connectivity index (χ2v) is 4.29. The summed E-state index contributed by atoms with van der Waals surface area (Å²) in [6, 6.07) is 7.82. The normalized spacial score (nSPS) is 21.4. The zero-order valence-electron chi connectivity index (χ0n) is 9.58. The maximum atomic E-state index is 11.9. The van der Waals surface area contributed by atoms with Gasteiger partial charge in [-0.1, -0.05) is 6.07 Å². The summed E-state index contributed by atoms with van der Waals surface area (Å²) in [5.74, 6) is 2.65. The van der Waals surface area contributed by atoms with Crippen LogP contribution in [0.3, 0.4) is 0 Å². The molecule has 0 aromatic heterocycles. The molecule has 0 aliphatic carbocycles.